The van der Waals surface area contributed by atoms with Crippen molar-refractivity contribution in [3.8, 4) is 0 Å². The van der Waals surface area contributed by atoms with E-state index in [1.165, 1.54) is 0 Å². The first-order chi connectivity index (χ1) is 4.01. The highest BCUT2D eigenvalue weighted by Crippen LogP contribution is 2.52. The monoisotopic (exact) mass is 150 g/mol. The van der Waals surface area contributed by atoms with Crippen molar-refractivity contribution in [3.05, 3.63) is 24.7 Å². The Morgan fingerprint density at radius 2 is 1.44 bits per heavy atom. The first kappa shape index (κ1) is 6.47. The average molecular weight is 150 g/mol. The van der Waals surface area contributed by atoms with E-state index in [1.54, 1.807) is 0 Å². The van der Waals surface area contributed by atoms with Crippen LogP contribution in [-0.2, 0) is 8.37 Å². The zero-order valence-electron chi connectivity index (χ0n) is 4.53. The van der Waals surface area contributed by atoms with Crippen LogP contribution in [-0.4, -0.2) is 9.11 Å². The molecule has 0 spiro atoms. The minimum Gasteiger partial charge on any atom is -0.371 e. The third kappa shape index (κ3) is 1.18. The predicted octanol–water partition coefficient (Wildman–Crippen LogP) is 1.64. The second-order valence-corrected chi connectivity index (χ2v) is 2.69. The molecule has 4 nitrogen and oxygen atoms in total. The van der Waals surface area contributed by atoms with Crippen molar-refractivity contribution >= 4 is 11.2 Å². The van der Waals surface area contributed by atoms with Gasteiger partial charge in [0.15, 0.2) is 11.5 Å². The molecule has 0 aromatic heterocycles. The number of rotatable bonds is 0. The summed E-state index contributed by atoms with van der Waals surface area (Å²) in [7, 11) is 0. The van der Waals surface area contributed by atoms with Crippen LogP contribution >= 0.6 is 11.2 Å². The summed E-state index contributed by atoms with van der Waals surface area (Å²) in [5.74, 6) is 0.130. The summed E-state index contributed by atoms with van der Waals surface area (Å²) in [5.41, 5.74) is 0. The van der Waals surface area contributed by atoms with Gasteiger partial charge in [-0.3, -0.25) is 9.11 Å². The Morgan fingerprint density at radius 1 is 1.11 bits per heavy atom. The fourth-order valence-electron chi connectivity index (χ4n) is 0.372. The van der Waals surface area contributed by atoms with Crippen LogP contribution in [0.3, 0.4) is 0 Å². The van der Waals surface area contributed by atoms with Crippen molar-refractivity contribution in [1.82, 2.24) is 0 Å². The summed E-state index contributed by atoms with van der Waals surface area (Å²) in [5, 5.41) is 0. The molecule has 1 fully saturated rings. The minimum absolute atomic E-state index is 0.0648. The molecule has 0 atom stereocenters. The molecule has 0 aliphatic carbocycles. The van der Waals surface area contributed by atoms with Gasteiger partial charge < -0.3 is 8.37 Å². The van der Waals surface area contributed by atoms with Crippen LogP contribution < -0.4 is 0 Å². The second-order valence-electron chi connectivity index (χ2n) is 1.46. The van der Waals surface area contributed by atoms with Crippen molar-refractivity contribution in [2.45, 2.75) is 0 Å². The lowest BCUT2D eigenvalue weighted by atomic mass is 10.5. The first-order valence-corrected chi connectivity index (χ1v) is 3.46. The summed E-state index contributed by atoms with van der Waals surface area (Å²) in [4.78, 5) is 0. The van der Waals surface area contributed by atoms with Gasteiger partial charge in [0.2, 0.25) is 0 Å². The molecular weight excluding hydrogens is 144 g/mol. The van der Waals surface area contributed by atoms with Crippen LogP contribution in [0.25, 0.3) is 0 Å². The van der Waals surface area contributed by atoms with Gasteiger partial charge in [0.25, 0.3) is 0 Å². The molecule has 0 radical (unpaired) electrons. The standard InChI is InChI=1S/C4H6O4S/c1-3-4(2)8-9(5,6)7-3/h5-6H,1-2H2. The highest BCUT2D eigenvalue weighted by molar-refractivity contribution is 8.16. The third-order valence-electron chi connectivity index (χ3n) is 0.729. The Bertz CT molecular complexity index is 155. The molecule has 1 aliphatic rings. The van der Waals surface area contributed by atoms with E-state index in [0.29, 0.717) is 0 Å². The lowest BCUT2D eigenvalue weighted by molar-refractivity contribution is 0.286. The molecule has 1 rings (SSSR count). The van der Waals surface area contributed by atoms with Gasteiger partial charge in [-0.05, 0) is 0 Å². The van der Waals surface area contributed by atoms with Crippen molar-refractivity contribution in [1.29, 1.82) is 0 Å². The summed E-state index contributed by atoms with van der Waals surface area (Å²) < 4.78 is 25.9. The second kappa shape index (κ2) is 1.66. The molecule has 52 valence electrons. The van der Waals surface area contributed by atoms with E-state index in [-0.39, 0.29) is 11.5 Å². The highest BCUT2D eigenvalue weighted by atomic mass is 32.3. The highest BCUT2D eigenvalue weighted by Gasteiger charge is 2.33. The Hall–Kier alpha value is -0.650. The fraction of sp³-hybridized carbons (Fsp3) is 0. The normalized spacial score (nSPS) is 26.9. The summed E-state index contributed by atoms with van der Waals surface area (Å²) in [6.07, 6.45) is 0. The van der Waals surface area contributed by atoms with E-state index < -0.39 is 11.2 Å². The van der Waals surface area contributed by atoms with E-state index in [4.69, 9.17) is 9.11 Å². The lowest BCUT2D eigenvalue weighted by Crippen LogP contribution is -1.92. The van der Waals surface area contributed by atoms with Crippen LogP contribution in [0, 0.1) is 0 Å². The average Bonchev–Trinajstić information content (AvgIpc) is 1.79. The summed E-state index contributed by atoms with van der Waals surface area (Å²) in [6, 6.07) is 0. The van der Waals surface area contributed by atoms with Gasteiger partial charge in [0, 0.05) is 0 Å². The molecular formula is C4H6O4S. The zero-order chi connectivity index (χ0) is 7.07. The van der Waals surface area contributed by atoms with Crippen molar-refractivity contribution < 1.29 is 17.5 Å². The molecule has 0 unspecified atom stereocenters. The van der Waals surface area contributed by atoms with Gasteiger partial charge in [-0.15, -0.1) is 0 Å². The van der Waals surface area contributed by atoms with Gasteiger partial charge in [-0.1, -0.05) is 13.2 Å². The molecule has 1 heterocycles. The Morgan fingerprint density at radius 3 is 1.56 bits per heavy atom. The summed E-state index contributed by atoms with van der Waals surface area (Å²) in [6.45, 7) is 6.57. The maximum Gasteiger partial charge on any atom is 0.319 e. The Balaban J connectivity index is 2.76. The van der Waals surface area contributed by atoms with Crippen LogP contribution in [0.1, 0.15) is 0 Å². The fourth-order valence-corrected chi connectivity index (χ4v) is 1.12. The topological polar surface area (TPSA) is 58.9 Å². The van der Waals surface area contributed by atoms with Crippen molar-refractivity contribution in [2.75, 3.05) is 0 Å². The molecule has 0 aromatic rings. The minimum atomic E-state index is -3.34. The predicted molar refractivity (Wildman–Crippen MR) is 33.3 cm³/mol. The largest absolute Gasteiger partial charge is 0.371 e. The Labute approximate surface area is 54.2 Å². The molecule has 1 aliphatic heterocycles. The number of hydrogen-bond acceptors (Lipinski definition) is 4. The van der Waals surface area contributed by atoms with Crippen LogP contribution in [0.2, 0.25) is 0 Å². The maximum atomic E-state index is 8.61. The summed E-state index contributed by atoms with van der Waals surface area (Å²) >= 11 is -3.34. The molecule has 0 bridgehead atoms. The van der Waals surface area contributed by atoms with E-state index in [9.17, 15) is 0 Å². The number of hydrogen-bond donors (Lipinski definition) is 2. The SMILES string of the molecule is C=C1OS(O)(O)OC1=C. The van der Waals surface area contributed by atoms with Gasteiger partial charge >= 0.3 is 11.2 Å². The molecule has 0 aromatic carbocycles. The molecule has 9 heavy (non-hydrogen) atoms. The van der Waals surface area contributed by atoms with E-state index in [2.05, 4.69) is 21.5 Å². The van der Waals surface area contributed by atoms with E-state index >= 15 is 0 Å². The lowest BCUT2D eigenvalue weighted by Gasteiger charge is -2.14. The van der Waals surface area contributed by atoms with Crippen LogP contribution in [0.4, 0.5) is 0 Å². The molecule has 2 N–H and O–H groups in total. The van der Waals surface area contributed by atoms with Crippen LogP contribution in [0.5, 0.6) is 0 Å². The smallest absolute Gasteiger partial charge is 0.319 e. The van der Waals surface area contributed by atoms with Gasteiger partial charge in [-0.25, -0.2) is 0 Å². The molecule has 1 saturated heterocycles. The maximum absolute atomic E-state index is 8.61. The quantitative estimate of drug-likeness (QED) is 0.551. The molecule has 0 saturated carbocycles. The van der Waals surface area contributed by atoms with E-state index in [1.807, 2.05) is 0 Å². The van der Waals surface area contributed by atoms with E-state index in [0.717, 1.165) is 0 Å². The van der Waals surface area contributed by atoms with Gasteiger partial charge in [0.05, 0.1) is 0 Å². The first-order valence-electron chi connectivity index (χ1n) is 2.06. The van der Waals surface area contributed by atoms with Gasteiger partial charge in [0.1, 0.15) is 0 Å². The zero-order valence-corrected chi connectivity index (χ0v) is 5.35. The Kier molecular flexibility index (Phi) is 1.20. The molecule has 5 heteroatoms. The van der Waals surface area contributed by atoms with Crippen molar-refractivity contribution in [2.24, 2.45) is 0 Å². The van der Waals surface area contributed by atoms with Crippen LogP contribution in [0.15, 0.2) is 24.7 Å². The third-order valence-corrected chi connectivity index (χ3v) is 1.57. The van der Waals surface area contributed by atoms with Gasteiger partial charge in [-0.2, -0.15) is 0 Å². The van der Waals surface area contributed by atoms with Crippen molar-refractivity contribution in [3.63, 3.8) is 0 Å². The molecule has 0 amide bonds.